The molecule has 8 heteroatoms. The van der Waals surface area contributed by atoms with Crippen LogP contribution >= 0.6 is 0 Å². The zero-order valence-electron chi connectivity index (χ0n) is 19.2. The molecule has 2 unspecified atom stereocenters. The van der Waals surface area contributed by atoms with Crippen molar-refractivity contribution in [1.29, 1.82) is 0 Å². The topological polar surface area (TPSA) is 33.6 Å². The van der Waals surface area contributed by atoms with Crippen molar-refractivity contribution in [3.63, 3.8) is 0 Å². The third-order valence-electron chi connectivity index (χ3n) is 5.30. The number of hydrogen-bond acceptors (Lipinski definition) is 3. The van der Waals surface area contributed by atoms with E-state index in [1.165, 1.54) is 13.8 Å². The van der Waals surface area contributed by atoms with Crippen molar-refractivity contribution in [2.24, 2.45) is 16.8 Å². The van der Waals surface area contributed by atoms with Crippen LogP contribution < -0.4 is 5.32 Å². The second-order valence-electron chi connectivity index (χ2n) is 7.62. The van der Waals surface area contributed by atoms with Crippen molar-refractivity contribution in [1.82, 2.24) is 5.32 Å². The summed E-state index contributed by atoms with van der Waals surface area (Å²) < 4.78 is 72.4. The van der Waals surface area contributed by atoms with E-state index in [4.69, 9.17) is 4.74 Å². The second kappa shape index (κ2) is 13.0. The van der Waals surface area contributed by atoms with Gasteiger partial charge >= 0.3 is 6.18 Å². The van der Waals surface area contributed by atoms with E-state index in [0.717, 1.165) is 31.6 Å². The van der Waals surface area contributed by atoms with E-state index < -0.39 is 23.6 Å². The predicted octanol–water partition coefficient (Wildman–Crippen LogP) is 7.26. The second-order valence-corrected chi connectivity index (χ2v) is 7.62. The molecule has 176 valence electrons. The van der Waals surface area contributed by atoms with Crippen LogP contribution in [0.2, 0.25) is 0 Å². The van der Waals surface area contributed by atoms with Crippen LogP contribution in [0.4, 0.5) is 22.0 Å². The summed E-state index contributed by atoms with van der Waals surface area (Å²) >= 11 is 0. The molecule has 0 amide bonds. The van der Waals surface area contributed by atoms with Gasteiger partial charge in [0.05, 0.1) is 7.11 Å². The van der Waals surface area contributed by atoms with Crippen LogP contribution in [-0.4, -0.2) is 31.7 Å². The molecule has 1 N–H and O–H groups in total. The number of methoxy groups -OCH3 is 1. The maximum absolute atomic E-state index is 13.9. The molecule has 0 heterocycles. The Bertz CT molecular complexity index is 609. The van der Waals surface area contributed by atoms with Crippen LogP contribution in [0.15, 0.2) is 28.0 Å². The third kappa shape index (κ3) is 9.47. The Labute approximate surface area is 177 Å². The number of aliphatic imine (C=N–C) groups is 1. The summed E-state index contributed by atoms with van der Waals surface area (Å²) in [4.78, 5) is 4.11. The molecular weight excluding hydrogens is 403 g/mol. The summed E-state index contributed by atoms with van der Waals surface area (Å²) in [7, 11) is 1.14. The first-order valence-corrected chi connectivity index (χ1v) is 10.5. The van der Waals surface area contributed by atoms with Crippen molar-refractivity contribution in [3.05, 3.63) is 23.0 Å². The van der Waals surface area contributed by atoms with Gasteiger partial charge in [-0.2, -0.15) is 18.2 Å². The Morgan fingerprint density at radius 3 is 2.13 bits per heavy atom. The van der Waals surface area contributed by atoms with Crippen molar-refractivity contribution >= 4 is 5.90 Å². The first kappa shape index (κ1) is 28.4. The average molecular weight is 441 g/mol. The number of nitrogens with zero attached hydrogens (tertiary/aromatic N) is 1. The molecule has 0 spiro atoms. The number of nitrogens with one attached hydrogen (secondary N) is 1. The van der Waals surface area contributed by atoms with E-state index in [0.29, 0.717) is 13.0 Å². The highest BCUT2D eigenvalue weighted by Gasteiger charge is 2.37. The smallest absolute Gasteiger partial charge is 0.421 e. The fourth-order valence-corrected chi connectivity index (χ4v) is 3.15. The fourth-order valence-electron chi connectivity index (χ4n) is 3.15. The molecule has 0 aliphatic carbocycles. The SMILES string of the molecule is C\C=C(/C(=N/C(NCC(CCC)C(C)CC(F)(F)CC)=C(/C)CC)OC)C(F)(F)F. The quantitative estimate of drug-likeness (QED) is 0.197. The lowest BCUT2D eigenvalue weighted by atomic mass is 9.85. The molecule has 0 bridgehead atoms. The fraction of sp³-hybridized carbons (Fsp3) is 0.773. The van der Waals surface area contributed by atoms with Gasteiger partial charge < -0.3 is 10.1 Å². The molecule has 0 aromatic carbocycles. The summed E-state index contributed by atoms with van der Waals surface area (Å²) in [5, 5.41) is 3.11. The molecule has 0 aliphatic heterocycles. The van der Waals surface area contributed by atoms with Crippen molar-refractivity contribution in [2.45, 2.75) is 85.7 Å². The summed E-state index contributed by atoms with van der Waals surface area (Å²) in [5.74, 6) is -3.27. The van der Waals surface area contributed by atoms with Crippen LogP contribution in [0.3, 0.4) is 0 Å². The molecule has 3 nitrogen and oxygen atoms in total. The van der Waals surface area contributed by atoms with Crippen LogP contribution in [0.1, 0.15) is 73.6 Å². The summed E-state index contributed by atoms with van der Waals surface area (Å²) in [6.45, 7) is 10.5. The minimum absolute atomic E-state index is 0.0583. The Balaban J connectivity index is 5.72. The van der Waals surface area contributed by atoms with Crippen molar-refractivity contribution in [3.8, 4) is 0 Å². The average Bonchev–Trinajstić information content (AvgIpc) is 2.67. The van der Waals surface area contributed by atoms with E-state index in [1.807, 2.05) is 13.8 Å². The highest BCUT2D eigenvalue weighted by molar-refractivity contribution is 5.95. The van der Waals surface area contributed by atoms with E-state index in [-0.39, 0.29) is 30.5 Å². The highest BCUT2D eigenvalue weighted by Crippen LogP contribution is 2.32. The highest BCUT2D eigenvalue weighted by atomic mass is 19.4. The van der Waals surface area contributed by atoms with E-state index in [9.17, 15) is 22.0 Å². The number of halogens is 5. The number of hydrogen-bond donors (Lipinski definition) is 1. The van der Waals surface area contributed by atoms with Gasteiger partial charge in [0.15, 0.2) is 0 Å². The molecule has 0 aromatic heterocycles. The zero-order chi connectivity index (χ0) is 23.5. The van der Waals surface area contributed by atoms with E-state index >= 15 is 0 Å². The molecule has 0 rings (SSSR count). The Morgan fingerprint density at radius 2 is 1.73 bits per heavy atom. The third-order valence-corrected chi connectivity index (χ3v) is 5.30. The number of rotatable bonds is 12. The van der Waals surface area contributed by atoms with Gasteiger partial charge in [0.1, 0.15) is 11.4 Å². The molecular formula is C22H37F5N2O. The summed E-state index contributed by atoms with van der Waals surface area (Å²) in [6, 6.07) is 0. The van der Waals surface area contributed by atoms with Gasteiger partial charge in [0.2, 0.25) is 11.8 Å². The molecule has 0 saturated carbocycles. The van der Waals surface area contributed by atoms with Gasteiger partial charge in [-0.15, -0.1) is 0 Å². The molecule has 0 saturated heterocycles. The Kier molecular flexibility index (Phi) is 12.3. The first-order chi connectivity index (χ1) is 13.9. The minimum Gasteiger partial charge on any atom is -0.481 e. The molecule has 0 fully saturated rings. The van der Waals surface area contributed by atoms with Gasteiger partial charge in [-0.1, -0.05) is 40.2 Å². The lowest BCUT2D eigenvalue weighted by Crippen LogP contribution is -2.31. The Hall–Kier alpha value is -1.60. The van der Waals surface area contributed by atoms with Crippen LogP contribution in [0.5, 0.6) is 0 Å². The normalized spacial score (nSPS) is 16.8. The van der Waals surface area contributed by atoms with Crippen LogP contribution in [0.25, 0.3) is 0 Å². The van der Waals surface area contributed by atoms with Gasteiger partial charge in [-0.05, 0) is 44.1 Å². The van der Waals surface area contributed by atoms with Gasteiger partial charge in [-0.25, -0.2) is 8.78 Å². The van der Waals surface area contributed by atoms with E-state index in [1.54, 1.807) is 13.8 Å². The van der Waals surface area contributed by atoms with Crippen molar-refractivity contribution in [2.75, 3.05) is 13.7 Å². The molecule has 0 radical (unpaired) electrons. The van der Waals surface area contributed by atoms with Gasteiger partial charge in [0.25, 0.3) is 0 Å². The van der Waals surface area contributed by atoms with Crippen LogP contribution in [-0.2, 0) is 4.74 Å². The molecule has 2 atom stereocenters. The lowest BCUT2D eigenvalue weighted by Gasteiger charge is -2.28. The van der Waals surface area contributed by atoms with Gasteiger partial charge in [0, 0.05) is 19.4 Å². The number of allylic oxidation sites excluding steroid dienone is 2. The molecule has 0 aliphatic rings. The first-order valence-electron chi connectivity index (χ1n) is 10.5. The zero-order valence-corrected chi connectivity index (χ0v) is 19.2. The Morgan fingerprint density at radius 1 is 1.13 bits per heavy atom. The van der Waals surface area contributed by atoms with Gasteiger partial charge in [-0.3, -0.25) is 0 Å². The summed E-state index contributed by atoms with van der Waals surface area (Å²) in [5.41, 5.74) is -0.210. The standard InChI is InChI=1S/C22H37F5N2O/c1-8-12-17(16(6)13-21(23,24)11-4)14-28-19(15(5)9-2)29-20(30-7)18(10-3)22(25,26)27/h10,16-17,28H,8-9,11-14H2,1-7H3/b18-10+,19-15-,29-20-. The molecule has 0 aromatic rings. The number of ether oxygens (including phenoxy) is 1. The lowest BCUT2D eigenvalue weighted by molar-refractivity contribution is -0.0877. The number of alkyl halides is 5. The van der Waals surface area contributed by atoms with Crippen molar-refractivity contribution < 1.29 is 26.7 Å². The maximum Gasteiger partial charge on any atom is 0.421 e. The largest absolute Gasteiger partial charge is 0.481 e. The maximum atomic E-state index is 13.9. The predicted molar refractivity (Wildman–Crippen MR) is 113 cm³/mol. The molecule has 30 heavy (non-hydrogen) atoms. The van der Waals surface area contributed by atoms with Crippen LogP contribution in [0, 0.1) is 11.8 Å². The minimum atomic E-state index is -4.60. The monoisotopic (exact) mass is 440 g/mol. The van der Waals surface area contributed by atoms with E-state index in [2.05, 4.69) is 10.3 Å². The summed E-state index contributed by atoms with van der Waals surface area (Å²) in [6.07, 6.45) is -1.99.